The van der Waals surface area contributed by atoms with Gasteiger partial charge in [0.15, 0.2) is 11.8 Å². The summed E-state index contributed by atoms with van der Waals surface area (Å²) in [6, 6.07) is 10.2. The standard InChI is InChI=1S/C25H28ClN5O5S/c26-18-13-19-24(29-25(27-19)36-21-14-35-20-7-12-34-23(20)21)28-22(18)15-1-3-16(4-2-15)30-8-10-31(11-9-30)37(32,33)17-5-6-17/h1-4,13,17,20-21,23H,5-12,14H2,(H,27,28,29)/t20-,21-,23+/m1/s1. The average molecular weight is 546 g/mol. The first-order valence-corrected chi connectivity index (χ1v) is 14.6. The van der Waals surface area contributed by atoms with Crippen LogP contribution in [0.25, 0.3) is 22.4 Å². The smallest absolute Gasteiger partial charge is 0.296 e. The molecule has 2 aromatic heterocycles. The number of aromatic nitrogens is 3. The van der Waals surface area contributed by atoms with Crippen LogP contribution in [0.15, 0.2) is 30.3 Å². The third-order valence-corrected chi connectivity index (χ3v) is 10.3. The molecule has 7 rings (SSSR count). The van der Waals surface area contributed by atoms with Crippen LogP contribution in [0.1, 0.15) is 19.3 Å². The van der Waals surface area contributed by atoms with E-state index < -0.39 is 10.0 Å². The number of fused-ring (bicyclic) bond motifs is 2. The summed E-state index contributed by atoms with van der Waals surface area (Å²) in [5.74, 6) is 0. The predicted octanol–water partition coefficient (Wildman–Crippen LogP) is 2.83. The van der Waals surface area contributed by atoms with Gasteiger partial charge in [0.25, 0.3) is 6.01 Å². The van der Waals surface area contributed by atoms with Gasteiger partial charge < -0.3 is 24.1 Å². The second-order valence-electron chi connectivity index (χ2n) is 10.1. The van der Waals surface area contributed by atoms with Crippen molar-refractivity contribution in [3.05, 3.63) is 35.4 Å². The molecule has 5 heterocycles. The van der Waals surface area contributed by atoms with E-state index >= 15 is 0 Å². The van der Waals surface area contributed by atoms with Crippen molar-refractivity contribution >= 4 is 38.5 Å². The van der Waals surface area contributed by atoms with Gasteiger partial charge in [0.2, 0.25) is 10.0 Å². The zero-order chi connectivity index (χ0) is 25.1. The first-order valence-electron chi connectivity index (χ1n) is 12.8. The summed E-state index contributed by atoms with van der Waals surface area (Å²) in [7, 11) is -3.12. The monoisotopic (exact) mass is 545 g/mol. The highest BCUT2D eigenvalue weighted by Crippen LogP contribution is 2.34. The van der Waals surface area contributed by atoms with E-state index in [0.717, 1.165) is 30.5 Å². The molecular weight excluding hydrogens is 518 g/mol. The Morgan fingerprint density at radius 3 is 2.57 bits per heavy atom. The minimum Gasteiger partial charge on any atom is -0.456 e. The minimum atomic E-state index is -3.12. The van der Waals surface area contributed by atoms with Gasteiger partial charge in [-0.3, -0.25) is 0 Å². The van der Waals surface area contributed by atoms with Crippen LogP contribution in [-0.2, 0) is 19.5 Å². The Kier molecular flexibility index (Phi) is 5.81. The normalized spacial score (nSPS) is 26.6. The van der Waals surface area contributed by atoms with Gasteiger partial charge in [0.05, 0.1) is 34.2 Å². The molecule has 3 saturated heterocycles. The molecule has 0 unspecified atom stereocenters. The third kappa shape index (κ3) is 4.36. The zero-order valence-corrected chi connectivity index (χ0v) is 21.7. The van der Waals surface area contributed by atoms with E-state index in [4.69, 9.17) is 30.8 Å². The lowest BCUT2D eigenvalue weighted by Crippen LogP contribution is -2.49. The topological polar surface area (TPSA) is 110 Å². The number of ether oxygens (including phenoxy) is 3. The van der Waals surface area contributed by atoms with Gasteiger partial charge in [0, 0.05) is 44.0 Å². The molecule has 3 aliphatic heterocycles. The molecule has 1 aromatic carbocycles. The number of imidazole rings is 1. The summed E-state index contributed by atoms with van der Waals surface area (Å²) in [6.07, 6.45) is 2.31. The van der Waals surface area contributed by atoms with Crippen molar-refractivity contribution in [3.8, 4) is 17.3 Å². The number of benzene rings is 1. The van der Waals surface area contributed by atoms with Crippen LogP contribution < -0.4 is 9.64 Å². The van der Waals surface area contributed by atoms with E-state index in [0.29, 0.717) is 67.3 Å². The molecule has 3 aromatic rings. The number of halogens is 1. The summed E-state index contributed by atoms with van der Waals surface area (Å²) in [5, 5.41) is 0.355. The molecule has 37 heavy (non-hydrogen) atoms. The second kappa shape index (κ2) is 9.09. The number of rotatable bonds is 6. The Hall–Kier alpha value is -2.44. The van der Waals surface area contributed by atoms with E-state index in [1.807, 2.05) is 30.3 Å². The Morgan fingerprint density at radius 1 is 1.03 bits per heavy atom. The fraction of sp³-hybridized carbons (Fsp3) is 0.520. The molecule has 3 atom stereocenters. The second-order valence-corrected chi connectivity index (χ2v) is 12.7. The van der Waals surface area contributed by atoms with E-state index in [1.165, 1.54) is 0 Å². The summed E-state index contributed by atoms with van der Waals surface area (Å²) in [4.78, 5) is 14.6. The summed E-state index contributed by atoms with van der Waals surface area (Å²) in [5.41, 5.74) is 3.78. The van der Waals surface area contributed by atoms with Crippen LogP contribution in [0.4, 0.5) is 5.69 Å². The van der Waals surface area contributed by atoms with Crippen LogP contribution in [0.2, 0.25) is 5.02 Å². The Morgan fingerprint density at radius 2 is 1.81 bits per heavy atom. The molecule has 1 N–H and O–H groups in total. The zero-order valence-electron chi connectivity index (χ0n) is 20.2. The number of piperazine rings is 1. The third-order valence-electron chi connectivity index (χ3n) is 7.64. The number of nitrogens with one attached hydrogen (secondary N) is 1. The van der Waals surface area contributed by atoms with Crippen LogP contribution in [-0.4, -0.2) is 90.6 Å². The van der Waals surface area contributed by atoms with Crippen LogP contribution >= 0.6 is 11.6 Å². The number of hydrogen-bond donors (Lipinski definition) is 1. The van der Waals surface area contributed by atoms with Gasteiger partial charge in [0.1, 0.15) is 6.10 Å². The van der Waals surface area contributed by atoms with E-state index in [1.54, 1.807) is 4.31 Å². The molecule has 0 bridgehead atoms. The lowest BCUT2D eigenvalue weighted by Gasteiger charge is -2.35. The molecular formula is C25H28ClN5O5S. The van der Waals surface area contributed by atoms with Gasteiger partial charge in [-0.15, -0.1) is 0 Å². The van der Waals surface area contributed by atoms with E-state index in [9.17, 15) is 8.42 Å². The predicted molar refractivity (Wildman–Crippen MR) is 139 cm³/mol. The van der Waals surface area contributed by atoms with Crippen molar-refractivity contribution in [1.82, 2.24) is 19.3 Å². The molecule has 1 aliphatic carbocycles. The van der Waals surface area contributed by atoms with Gasteiger partial charge in [-0.1, -0.05) is 23.7 Å². The highest BCUT2D eigenvalue weighted by molar-refractivity contribution is 7.90. The molecule has 1 saturated carbocycles. The number of pyridine rings is 1. The summed E-state index contributed by atoms with van der Waals surface area (Å²) in [6.45, 7) is 3.55. The Labute approximate surface area is 219 Å². The molecule has 0 spiro atoms. The molecule has 10 nitrogen and oxygen atoms in total. The summed E-state index contributed by atoms with van der Waals surface area (Å²) < 4.78 is 44.2. The number of nitrogens with zero attached hydrogens (tertiary/aromatic N) is 4. The van der Waals surface area contributed by atoms with Crippen LogP contribution in [0.5, 0.6) is 6.01 Å². The van der Waals surface area contributed by atoms with Crippen molar-refractivity contribution in [2.45, 2.75) is 42.8 Å². The first kappa shape index (κ1) is 23.7. The molecule has 4 aliphatic rings. The maximum Gasteiger partial charge on any atom is 0.296 e. The lowest BCUT2D eigenvalue weighted by molar-refractivity contribution is 0.0273. The number of hydrogen-bond acceptors (Lipinski definition) is 8. The van der Waals surface area contributed by atoms with Crippen molar-refractivity contribution in [1.29, 1.82) is 0 Å². The quantitative estimate of drug-likeness (QED) is 0.503. The lowest BCUT2D eigenvalue weighted by atomic mass is 10.1. The maximum atomic E-state index is 12.5. The number of anilines is 1. The minimum absolute atomic E-state index is 0.0654. The SMILES string of the molecule is O=S(=O)(C1CC1)N1CCN(c2ccc(-c3nc4nc(O[C@@H]5CO[C@@H]6CCO[C@@H]65)[nH]c4cc3Cl)cc2)CC1. The van der Waals surface area contributed by atoms with E-state index in [-0.39, 0.29) is 23.6 Å². The fourth-order valence-electron chi connectivity index (χ4n) is 5.44. The molecule has 0 radical (unpaired) electrons. The fourth-order valence-corrected chi connectivity index (χ4v) is 7.52. The van der Waals surface area contributed by atoms with Crippen LogP contribution in [0, 0.1) is 0 Å². The van der Waals surface area contributed by atoms with Crippen LogP contribution in [0.3, 0.4) is 0 Å². The van der Waals surface area contributed by atoms with E-state index in [2.05, 4.69) is 14.9 Å². The maximum absolute atomic E-state index is 12.5. The van der Waals surface area contributed by atoms with Gasteiger partial charge in [-0.2, -0.15) is 9.29 Å². The summed E-state index contributed by atoms with van der Waals surface area (Å²) >= 11 is 6.60. The molecule has 12 heteroatoms. The largest absolute Gasteiger partial charge is 0.456 e. The van der Waals surface area contributed by atoms with Crippen molar-refractivity contribution in [2.24, 2.45) is 0 Å². The highest BCUT2D eigenvalue weighted by Gasteiger charge is 2.44. The van der Waals surface area contributed by atoms with Crippen molar-refractivity contribution in [2.75, 3.05) is 44.3 Å². The van der Waals surface area contributed by atoms with Gasteiger partial charge >= 0.3 is 0 Å². The Bertz CT molecular complexity index is 1420. The van der Waals surface area contributed by atoms with Gasteiger partial charge in [-0.25, -0.2) is 13.4 Å². The molecule has 196 valence electrons. The molecule has 0 amide bonds. The van der Waals surface area contributed by atoms with Gasteiger partial charge in [-0.05, 0) is 37.5 Å². The number of sulfonamides is 1. The first-order chi connectivity index (χ1) is 18.0. The average Bonchev–Trinajstić information content (AvgIpc) is 3.39. The highest BCUT2D eigenvalue weighted by atomic mass is 35.5. The molecule has 4 fully saturated rings. The van der Waals surface area contributed by atoms with Crippen molar-refractivity contribution in [3.63, 3.8) is 0 Å². The number of aromatic amines is 1. The van der Waals surface area contributed by atoms with Crippen molar-refractivity contribution < 1.29 is 22.6 Å². The number of H-pyrrole nitrogens is 1. The Balaban J connectivity index is 1.05.